The van der Waals surface area contributed by atoms with Crippen molar-refractivity contribution >= 4 is 29.2 Å². The highest BCUT2D eigenvalue weighted by molar-refractivity contribution is 6.30. The fourth-order valence-electron chi connectivity index (χ4n) is 1.98. The van der Waals surface area contributed by atoms with Crippen molar-refractivity contribution in [1.82, 2.24) is 0 Å². The van der Waals surface area contributed by atoms with Gasteiger partial charge in [-0.15, -0.1) is 0 Å². The standard InChI is InChI=1S/C18H18ClNO4/c1-3-23-18(22)13-6-4-8-15(10-13)20-17(21)12(2)24-16-9-5-7-14(19)11-16/h4-12H,3H2,1-2H3,(H,20,21)/t12-/m1/s1. The number of halogens is 1. The molecule has 2 rings (SSSR count). The predicted octanol–water partition coefficient (Wildman–Crippen LogP) is 3.92. The number of rotatable bonds is 6. The van der Waals surface area contributed by atoms with Gasteiger partial charge in [-0.05, 0) is 50.2 Å². The summed E-state index contributed by atoms with van der Waals surface area (Å²) in [5, 5.41) is 3.24. The molecule has 0 fully saturated rings. The molecule has 0 saturated heterocycles. The first-order valence-electron chi connectivity index (χ1n) is 7.50. The Morgan fingerprint density at radius 1 is 1.17 bits per heavy atom. The Kier molecular flexibility index (Phi) is 6.21. The second kappa shape index (κ2) is 8.36. The summed E-state index contributed by atoms with van der Waals surface area (Å²) in [4.78, 5) is 23.9. The van der Waals surface area contributed by atoms with Crippen LogP contribution in [-0.2, 0) is 9.53 Å². The Bertz CT molecular complexity index is 732. The molecular formula is C18H18ClNO4. The molecule has 0 aliphatic rings. The number of esters is 1. The quantitative estimate of drug-likeness (QED) is 0.804. The number of anilines is 1. The molecule has 126 valence electrons. The van der Waals surface area contributed by atoms with E-state index < -0.39 is 12.1 Å². The van der Waals surface area contributed by atoms with Crippen LogP contribution in [0.3, 0.4) is 0 Å². The third-order valence-corrected chi connectivity index (χ3v) is 3.35. The average Bonchev–Trinajstić information content (AvgIpc) is 2.55. The number of amides is 1. The lowest BCUT2D eigenvalue weighted by Gasteiger charge is -2.15. The summed E-state index contributed by atoms with van der Waals surface area (Å²) in [6.07, 6.45) is -0.727. The smallest absolute Gasteiger partial charge is 0.338 e. The van der Waals surface area contributed by atoms with Crippen molar-refractivity contribution in [2.75, 3.05) is 11.9 Å². The molecule has 5 nitrogen and oxygen atoms in total. The van der Waals surface area contributed by atoms with E-state index in [1.165, 1.54) is 0 Å². The van der Waals surface area contributed by atoms with Gasteiger partial charge < -0.3 is 14.8 Å². The van der Waals surface area contributed by atoms with E-state index in [2.05, 4.69) is 5.32 Å². The maximum Gasteiger partial charge on any atom is 0.338 e. The van der Waals surface area contributed by atoms with Gasteiger partial charge in [0.15, 0.2) is 6.10 Å². The van der Waals surface area contributed by atoms with Gasteiger partial charge >= 0.3 is 5.97 Å². The fraction of sp³-hybridized carbons (Fsp3) is 0.222. The second-order valence-electron chi connectivity index (χ2n) is 5.01. The van der Waals surface area contributed by atoms with Gasteiger partial charge in [-0.3, -0.25) is 4.79 Å². The molecule has 1 N–H and O–H groups in total. The van der Waals surface area contributed by atoms with Gasteiger partial charge in [-0.25, -0.2) is 4.79 Å². The Morgan fingerprint density at radius 3 is 2.62 bits per heavy atom. The molecule has 0 spiro atoms. The SMILES string of the molecule is CCOC(=O)c1cccc(NC(=O)[C@@H](C)Oc2cccc(Cl)c2)c1. The minimum atomic E-state index is -0.727. The van der Waals surface area contributed by atoms with Gasteiger partial charge in [-0.1, -0.05) is 23.7 Å². The van der Waals surface area contributed by atoms with E-state index in [4.69, 9.17) is 21.1 Å². The molecule has 0 unspecified atom stereocenters. The van der Waals surface area contributed by atoms with Gasteiger partial charge in [0.2, 0.25) is 0 Å². The maximum absolute atomic E-state index is 12.2. The van der Waals surface area contributed by atoms with Crippen LogP contribution in [0.15, 0.2) is 48.5 Å². The first-order valence-corrected chi connectivity index (χ1v) is 7.87. The van der Waals surface area contributed by atoms with Gasteiger partial charge in [0, 0.05) is 10.7 Å². The summed E-state index contributed by atoms with van der Waals surface area (Å²) in [6, 6.07) is 13.4. The molecule has 0 bridgehead atoms. The van der Waals surface area contributed by atoms with Crippen LogP contribution in [0.4, 0.5) is 5.69 Å². The van der Waals surface area contributed by atoms with Crippen molar-refractivity contribution in [3.05, 3.63) is 59.1 Å². The van der Waals surface area contributed by atoms with Crippen molar-refractivity contribution in [2.45, 2.75) is 20.0 Å². The largest absolute Gasteiger partial charge is 0.481 e. The Hall–Kier alpha value is -2.53. The molecule has 0 aliphatic heterocycles. The van der Waals surface area contributed by atoms with E-state index in [0.29, 0.717) is 28.6 Å². The molecule has 1 amide bonds. The molecule has 24 heavy (non-hydrogen) atoms. The lowest BCUT2D eigenvalue weighted by Crippen LogP contribution is -2.30. The van der Waals surface area contributed by atoms with Crippen LogP contribution >= 0.6 is 11.6 Å². The number of ether oxygens (including phenoxy) is 2. The summed E-state index contributed by atoms with van der Waals surface area (Å²) in [5.74, 6) is -0.266. The highest BCUT2D eigenvalue weighted by Gasteiger charge is 2.16. The van der Waals surface area contributed by atoms with Gasteiger partial charge in [0.05, 0.1) is 12.2 Å². The van der Waals surface area contributed by atoms with Crippen LogP contribution in [-0.4, -0.2) is 24.6 Å². The van der Waals surface area contributed by atoms with Gasteiger partial charge in [0.1, 0.15) is 5.75 Å². The van der Waals surface area contributed by atoms with Crippen LogP contribution in [0.2, 0.25) is 5.02 Å². The van der Waals surface area contributed by atoms with E-state index >= 15 is 0 Å². The average molecular weight is 348 g/mol. The summed E-state index contributed by atoms with van der Waals surface area (Å²) in [7, 11) is 0. The van der Waals surface area contributed by atoms with Crippen molar-refractivity contribution in [3.63, 3.8) is 0 Å². The predicted molar refractivity (Wildman–Crippen MR) is 92.6 cm³/mol. The molecule has 2 aromatic rings. The highest BCUT2D eigenvalue weighted by Crippen LogP contribution is 2.19. The first kappa shape index (κ1) is 17.8. The molecule has 1 atom stereocenters. The molecule has 6 heteroatoms. The van der Waals surface area contributed by atoms with Crippen LogP contribution in [0.5, 0.6) is 5.75 Å². The van der Waals surface area contributed by atoms with E-state index in [9.17, 15) is 9.59 Å². The number of benzene rings is 2. The molecular weight excluding hydrogens is 330 g/mol. The van der Waals surface area contributed by atoms with Gasteiger partial charge in [0.25, 0.3) is 5.91 Å². The van der Waals surface area contributed by atoms with Crippen LogP contribution in [0, 0.1) is 0 Å². The Balaban J connectivity index is 2.01. The molecule has 2 aromatic carbocycles. The lowest BCUT2D eigenvalue weighted by atomic mass is 10.2. The summed E-state index contributed by atoms with van der Waals surface area (Å²) >= 11 is 5.89. The fourth-order valence-corrected chi connectivity index (χ4v) is 2.16. The molecule has 0 heterocycles. The lowest BCUT2D eigenvalue weighted by molar-refractivity contribution is -0.122. The number of hydrogen-bond acceptors (Lipinski definition) is 4. The van der Waals surface area contributed by atoms with E-state index in [1.807, 2.05) is 0 Å². The third-order valence-electron chi connectivity index (χ3n) is 3.12. The first-order chi connectivity index (χ1) is 11.5. The van der Waals surface area contributed by atoms with Crippen LogP contribution < -0.4 is 10.1 Å². The second-order valence-corrected chi connectivity index (χ2v) is 5.44. The molecule has 0 aliphatic carbocycles. The van der Waals surface area contributed by atoms with E-state index in [1.54, 1.807) is 62.4 Å². The zero-order chi connectivity index (χ0) is 17.5. The van der Waals surface area contributed by atoms with Gasteiger partial charge in [-0.2, -0.15) is 0 Å². The van der Waals surface area contributed by atoms with Crippen molar-refractivity contribution < 1.29 is 19.1 Å². The topological polar surface area (TPSA) is 64.6 Å². The molecule has 0 saturated carbocycles. The highest BCUT2D eigenvalue weighted by atomic mass is 35.5. The number of hydrogen-bond donors (Lipinski definition) is 1. The van der Waals surface area contributed by atoms with E-state index in [-0.39, 0.29) is 5.91 Å². The number of carbonyl (C=O) groups excluding carboxylic acids is 2. The number of nitrogens with one attached hydrogen (secondary N) is 1. The minimum Gasteiger partial charge on any atom is -0.481 e. The van der Waals surface area contributed by atoms with Crippen molar-refractivity contribution in [3.8, 4) is 5.75 Å². The van der Waals surface area contributed by atoms with Crippen molar-refractivity contribution in [2.24, 2.45) is 0 Å². The Labute approximate surface area is 145 Å². The zero-order valence-electron chi connectivity index (χ0n) is 13.4. The van der Waals surface area contributed by atoms with E-state index in [0.717, 1.165) is 0 Å². The molecule has 0 radical (unpaired) electrons. The summed E-state index contributed by atoms with van der Waals surface area (Å²) in [5.41, 5.74) is 0.866. The minimum absolute atomic E-state index is 0.292. The molecule has 0 aromatic heterocycles. The summed E-state index contributed by atoms with van der Waals surface area (Å²) in [6.45, 7) is 3.66. The van der Waals surface area contributed by atoms with Crippen LogP contribution in [0.25, 0.3) is 0 Å². The van der Waals surface area contributed by atoms with Crippen molar-refractivity contribution in [1.29, 1.82) is 0 Å². The summed E-state index contributed by atoms with van der Waals surface area (Å²) < 4.78 is 10.5. The maximum atomic E-state index is 12.2. The normalized spacial score (nSPS) is 11.5. The number of carbonyl (C=O) groups is 2. The third kappa shape index (κ3) is 4.99. The monoisotopic (exact) mass is 347 g/mol. The van der Waals surface area contributed by atoms with Crippen LogP contribution in [0.1, 0.15) is 24.2 Å². The zero-order valence-corrected chi connectivity index (χ0v) is 14.2. The Morgan fingerprint density at radius 2 is 1.92 bits per heavy atom.